The van der Waals surface area contributed by atoms with Crippen LogP contribution in [0.5, 0.6) is 5.75 Å². The van der Waals surface area contributed by atoms with Gasteiger partial charge >= 0.3 is 0 Å². The molecule has 1 aliphatic rings. The summed E-state index contributed by atoms with van der Waals surface area (Å²) in [7, 11) is 0. The molecule has 1 aliphatic heterocycles. The fraction of sp³-hybridized carbons (Fsp3) is 0.533. The summed E-state index contributed by atoms with van der Waals surface area (Å²) in [5.41, 5.74) is 6.29. The topological polar surface area (TPSA) is 64.8 Å². The minimum atomic E-state index is 0.0161. The van der Waals surface area contributed by atoms with E-state index in [0.717, 1.165) is 32.5 Å². The number of nitrogens with two attached hydrogens (primary N) is 1. The lowest BCUT2D eigenvalue weighted by molar-refractivity contribution is -0.135. The molecule has 1 amide bonds. The van der Waals surface area contributed by atoms with Gasteiger partial charge in [-0.1, -0.05) is 6.07 Å². The second-order valence-corrected chi connectivity index (χ2v) is 4.90. The first-order valence-corrected chi connectivity index (χ1v) is 7.06. The molecule has 0 bridgehead atoms. The zero-order chi connectivity index (χ0) is 14.4. The van der Waals surface area contributed by atoms with Crippen LogP contribution in [0.15, 0.2) is 24.3 Å². The average Bonchev–Trinajstić information content (AvgIpc) is 2.46. The summed E-state index contributed by atoms with van der Waals surface area (Å²) >= 11 is 0. The molecule has 2 N–H and O–H groups in total. The molecule has 1 aromatic carbocycles. The van der Waals surface area contributed by atoms with Crippen LogP contribution in [0.1, 0.15) is 19.8 Å². The van der Waals surface area contributed by atoms with Crippen molar-refractivity contribution in [1.29, 1.82) is 0 Å². The Hall–Kier alpha value is -1.75. The van der Waals surface area contributed by atoms with Crippen molar-refractivity contribution in [3.8, 4) is 5.75 Å². The van der Waals surface area contributed by atoms with Crippen molar-refractivity contribution < 1.29 is 14.3 Å². The number of rotatable bonds is 5. The lowest BCUT2D eigenvalue weighted by Crippen LogP contribution is -2.43. The van der Waals surface area contributed by atoms with E-state index in [2.05, 4.69) is 0 Å². The van der Waals surface area contributed by atoms with Crippen LogP contribution < -0.4 is 10.5 Å². The van der Waals surface area contributed by atoms with E-state index in [9.17, 15) is 4.79 Å². The molecule has 2 rings (SSSR count). The molecule has 0 atom stereocenters. The maximum absolute atomic E-state index is 12.0. The van der Waals surface area contributed by atoms with Crippen LogP contribution in [0.2, 0.25) is 0 Å². The molecule has 20 heavy (non-hydrogen) atoms. The Morgan fingerprint density at radius 1 is 1.40 bits per heavy atom. The van der Waals surface area contributed by atoms with E-state index in [1.54, 1.807) is 18.2 Å². The highest BCUT2D eigenvalue weighted by Crippen LogP contribution is 2.16. The third-order valence-electron chi connectivity index (χ3n) is 3.42. The van der Waals surface area contributed by atoms with Crippen molar-refractivity contribution >= 4 is 11.6 Å². The van der Waals surface area contributed by atoms with Gasteiger partial charge < -0.3 is 20.1 Å². The van der Waals surface area contributed by atoms with Crippen molar-refractivity contribution in [2.45, 2.75) is 25.9 Å². The van der Waals surface area contributed by atoms with Crippen LogP contribution in [0.4, 0.5) is 5.69 Å². The second-order valence-electron chi connectivity index (χ2n) is 4.90. The lowest BCUT2D eigenvalue weighted by atomic mass is 10.1. The smallest absolute Gasteiger partial charge is 0.260 e. The van der Waals surface area contributed by atoms with Crippen molar-refractivity contribution in [3.63, 3.8) is 0 Å². The zero-order valence-corrected chi connectivity index (χ0v) is 11.9. The molecule has 0 aliphatic carbocycles. The first kappa shape index (κ1) is 14.7. The number of amides is 1. The maximum Gasteiger partial charge on any atom is 0.260 e. The molecular formula is C15H22N2O3. The highest BCUT2D eigenvalue weighted by atomic mass is 16.5. The monoisotopic (exact) mass is 278 g/mol. The zero-order valence-electron chi connectivity index (χ0n) is 11.9. The fourth-order valence-electron chi connectivity index (χ4n) is 2.35. The maximum atomic E-state index is 12.0. The summed E-state index contributed by atoms with van der Waals surface area (Å²) in [6.45, 7) is 4.27. The minimum Gasteiger partial charge on any atom is -0.484 e. The van der Waals surface area contributed by atoms with Gasteiger partial charge in [-0.2, -0.15) is 0 Å². The Morgan fingerprint density at radius 2 is 2.15 bits per heavy atom. The number of benzene rings is 1. The van der Waals surface area contributed by atoms with Crippen LogP contribution in [-0.4, -0.2) is 43.2 Å². The lowest BCUT2D eigenvalue weighted by Gasteiger charge is -2.31. The summed E-state index contributed by atoms with van der Waals surface area (Å²) < 4.78 is 11.0. The molecule has 0 unspecified atom stereocenters. The van der Waals surface area contributed by atoms with Crippen molar-refractivity contribution in [3.05, 3.63) is 24.3 Å². The largest absolute Gasteiger partial charge is 0.484 e. The number of hydrogen-bond acceptors (Lipinski definition) is 4. The Balaban J connectivity index is 1.76. The standard InChI is InChI=1S/C15H22N2O3/c1-2-19-13-6-8-17(9-7-13)15(18)11-20-14-5-3-4-12(16)10-14/h3-5,10,13H,2,6-9,11,16H2,1H3. The Bertz CT molecular complexity index is 442. The van der Waals surface area contributed by atoms with Gasteiger partial charge in [0.15, 0.2) is 6.61 Å². The predicted molar refractivity (Wildman–Crippen MR) is 77.6 cm³/mol. The van der Waals surface area contributed by atoms with E-state index in [-0.39, 0.29) is 12.5 Å². The summed E-state index contributed by atoms with van der Waals surface area (Å²) in [5, 5.41) is 0. The molecule has 110 valence electrons. The number of nitrogen functional groups attached to an aromatic ring is 1. The highest BCUT2D eigenvalue weighted by molar-refractivity contribution is 5.77. The van der Waals surface area contributed by atoms with Crippen LogP contribution >= 0.6 is 0 Å². The third kappa shape index (κ3) is 4.13. The first-order valence-electron chi connectivity index (χ1n) is 7.06. The van der Waals surface area contributed by atoms with Crippen LogP contribution in [0, 0.1) is 0 Å². The van der Waals surface area contributed by atoms with Gasteiger partial charge in [0.2, 0.25) is 0 Å². The second kappa shape index (κ2) is 7.14. The SMILES string of the molecule is CCOC1CCN(C(=O)COc2cccc(N)c2)CC1. The van der Waals surface area contributed by atoms with Gasteiger partial charge in [-0.05, 0) is 31.9 Å². The Morgan fingerprint density at radius 3 is 2.80 bits per heavy atom. The van der Waals surface area contributed by atoms with Crippen LogP contribution in [0.25, 0.3) is 0 Å². The summed E-state index contributed by atoms with van der Waals surface area (Å²) in [6, 6.07) is 7.11. The Labute approximate surface area is 119 Å². The van der Waals surface area contributed by atoms with E-state index < -0.39 is 0 Å². The van der Waals surface area contributed by atoms with Crippen molar-refractivity contribution in [2.24, 2.45) is 0 Å². The number of likely N-dealkylation sites (tertiary alicyclic amines) is 1. The van der Waals surface area contributed by atoms with Gasteiger partial charge in [0.05, 0.1) is 6.10 Å². The molecule has 1 fully saturated rings. The molecule has 1 heterocycles. The molecule has 0 aromatic heterocycles. The van der Waals surface area contributed by atoms with Gasteiger partial charge in [-0.15, -0.1) is 0 Å². The van der Waals surface area contributed by atoms with Gasteiger partial charge in [-0.3, -0.25) is 4.79 Å². The molecular weight excluding hydrogens is 256 g/mol. The molecule has 0 spiro atoms. The third-order valence-corrected chi connectivity index (χ3v) is 3.42. The number of carbonyl (C=O) groups is 1. The van der Waals surface area contributed by atoms with E-state index in [1.165, 1.54) is 0 Å². The molecule has 1 saturated heterocycles. The van der Waals surface area contributed by atoms with Crippen molar-refractivity contribution in [2.75, 3.05) is 32.0 Å². The normalized spacial score (nSPS) is 16.1. The summed E-state index contributed by atoms with van der Waals surface area (Å²) in [6.07, 6.45) is 2.09. The molecule has 0 radical (unpaired) electrons. The highest BCUT2D eigenvalue weighted by Gasteiger charge is 2.23. The number of nitrogens with zero attached hydrogens (tertiary/aromatic N) is 1. The van der Waals surface area contributed by atoms with Crippen LogP contribution in [-0.2, 0) is 9.53 Å². The average molecular weight is 278 g/mol. The first-order chi connectivity index (χ1) is 9.69. The number of anilines is 1. The van der Waals surface area contributed by atoms with E-state index in [4.69, 9.17) is 15.2 Å². The molecule has 1 aromatic rings. The minimum absolute atomic E-state index is 0.0161. The predicted octanol–water partition coefficient (Wildman–Crippen LogP) is 1.68. The molecule has 0 saturated carbocycles. The van der Waals surface area contributed by atoms with E-state index in [1.807, 2.05) is 17.9 Å². The van der Waals surface area contributed by atoms with Gasteiger partial charge in [0, 0.05) is 31.5 Å². The summed E-state index contributed by atoms with van der Waals surface area (Å²) in [5.74, 6) is 0.643. The molecule has 5 heteroatoms. The quantitative estimate of drug-likeness (QED) is 0.832. The number of carbonyl (C=O) groups excluding carboxylic acids is 1. The number of hydrogen-bond donors (Lipinski definition) is 1. The van der Waals surface area contributed by atoms with E-state index >= 15 is 0 Å². The fourth-order valence-corrected chi connectivity index (χ4v) is 2.35. The van der Waals surface area contributed by atoms with E-state index in [0.29, 0.717) is 17.5 Å². The number of ether oxygens (including phenoxy) is 2. The van der Waals surface area contributed by atoms with Gasteiger partial charge in [0.1, 0.15) is 5.75 Å². The Kier molecular flexibility index (Phi) is 5.24. The molecule has 5 nitrogen and oxygen atoms in total. The van der Waals surface area contributed by atoms with Crippen LogP contribution in [0.3, 0.4) is 0 Å². The number of piperidine rings is 1. The van der Waals surface area contributed by atoms with Gasteiger partial charge in [0.25, 0.3) is 5.91 Å². The van der Waals surface area contributed by atoms with Crippen molar-refractivity contribution in [1.82, 2.24) is 4.90 Å². The summed E-state index contributed by atoms with van der Waals surface area (Å²) in [4.78, 5) is 13.9. The van der Waals surface area contributed by atoms with Gasteiger partial charge in [-0.25, -0.2) is 0 Å².